The zero-order chi connectivity index (χ0) is 20.8. The van der Waals surface area contributed by atoms with Crippen LogP contribution >= 0.6 is 0 Å². The Morgan fingerprint density at radius 1 is 1.28 bits per heavy atom. The van der Waals surface area contributed by atoms with Crippen LogP contribution in [0.25, 0.3) is 0 Å². The van der Waals surface area contributed by atoms with Gasteiger partial charge in [-0.25, -0.2) is 14.6 Å². The molecule has 1 aromatic heterocycles. The molecule has 4 rings (SSSR count). The van der Waals surface area contributed by atoms with E-state index in [1.54, 1.807) is 23.2 Å². The summed E-state index contributed by atoms with van der Waals surface area (Å²) in [6, 6.07) is 2.99. The van der Waals surface area contributed by atoms with Crippen molar-refractivity contribution in [1.29, 1.82) is 0 Å². The molecule has 8 heteroatoms. The number of rotatable bonds is 6. The Hall–Kier alpha value is -2.64. The molecular weight excluding hydrogens is 372 g/mol. The number of carbonyl (C=O) groups excluding carboxylic acids is 2. The maximum Gasteiger partial charge on any atom is 0.339 e. The molecular formula is C21H28N4O4. The molecule has 1 aromatic rings. The van der Waals surface area contributed by atoms with Crippen LogP contribution in [0.3, 0.4) is 0 Å². The van der Waals surface area contributed by atoms with Crippen molar-refractivity contribution < 1.29 is 19.5 Å². The average molecular weight is 400 g/mol. The molecule has 0 bridgehead atoms. The van der Waals surface area contributed by atoms with E-state index in [1.165, 1.54) is 4.90 Å². The average Bonchev–Trinajstić information content (AvgIpc) is 3.51. The monoisotopic (exact) mass is 400 g/mol. The Morgan fingerprint density at radius 3 is 2.55 bits per heavy atom. The topological polar surface area (TPSA) is 94.1 Å². The van der Waals surface area contributed by atoms with E-state index in [4.69, 9.17) is 0 Å². The molecule has 3 fully saturated rings. The zero-order valence-corrected chi connectivity index (χ0v) is 17.0. The van der Waals surface area contributed by atoms with Crippen LogP contribution in [0.5, 0.6) is 0 Å². The van der Waals surface area contributed by atoms with Crippen molar-refractivity contribution in [3.05, 3.63) is 23.9 Å². The van der Waals surface area contributed by atoms with Crippen LogP contribution in [0, 0.1) is 11.8 Å². The predicted octanol–water partition coefficient (Wildman–Crippen LogP) is 2.45. The van der Waals surface area contributed by atoms with Crippen molar-refractivity contribution in [2.75, 3.05) is 31.1 Å². The summed E-state index contributed by atoms with van der Waals surface area (Å²) in [5.74, 6) is 0.0474. The molecule has 1 N–H and O–H groups in total. The van der Waals surface area contributed by atoms with E-state index >= 15 is 0 Å². The van der Waals surface area contributed by atoms with Crippen molar-refractivity contribution >= 4 is 23.7 Å². The largest absolute Gasteiger partial charge is 0.478 e. The van der Waals surface area contributed by atoms with Gasteiger partial charge < -0.3 is 14.9 Å². The highest BCUT2D eigenvalue weighted by Gasteiger charge is 2.58. The highest BCUT2D eigenvalue weighted by molar-refractivity contribution is 6.07. The van der Waals surface area contributed by atoms with Gasteiger partial charge in [-0.1, -0.05) is 13.8 Å². The molecule has 2 saturated heterocycles. The first-order valence-electron chi connectivity index (χ1n) is 10.4. The molecule has 0 radical (unpaired) electrons. The molecule has 29 heavy (non-hydrogen) atoms. The van der Waals surface area contributed by atoms with Crippen molar-refractivity contribution in [3.8, 4) is 0 Å². The standard InChI is InChI=1S/C21H28N4O4/c1-14(2)12-25-20(29)24(13-15-5-6-15)19(28)21(25)7-10-23(11-8-21)17-16(18(26)27)4-3-9-22-17/h3-4,9,14-15H,5-8,10-13H2,1-2H3,(H,26,27). The van der Waals surface area contributed by atoms with E-state index in [2.05, 4.69) is 18.8 Å². The molecule has 0 atom stereocenters. The number of carbonyl (C=O) groups is 3. The Bertz CT molecular complexity index is 828. The number of pyridine rings is 1. The third kappa shape index (κ3) is 3.45. The van der Waals surface area contributed by atoms with Crippen molar-refractivity contribution in [2.24, 2.45) is 11.8 Å². The fourth-order valence-electron chi connectivity index (χ4n) is 4.51. The van der Waals surface area contributed by atoms with Crippen LogP contribution in [-0.4, -0.2) is 69.5 Å². The Kier molecular flexibility index (Phi) is 4.96. The number of anilines is 1. The number of nitrogens with zero attached hydrogens (tertiary/aromatic N) is 4. The summed E-state index contributed by atoms with van der Waals surface area (Å²) in [4.78, 5) is 47.5. The minimum absolute atomic E-state index is 0.0748. The number of hydrogen-bond acceptors (Lipinski definition) is 5. The van der Waals surface area contributed by atoms with Gasteiger partial charge in [-0.15, -0.1) is 0 Å². The van der Waals surface area contributed by atoms with Gasteiger partial charge in [0.2, 0.25) is 0 Å². The Morgan fingerprint density at radius 2 is 1.97 bits per heavy atom. The van der Waals surface area contributed by atoms with E-state index in [0.29, 0.717) is 50.8 Å². The zero-order valence-electron chi connectivity index (χ0n) is 17.0. The number of urea groups is 1. The summed E-state index contributed by atoms with van der Waals surface area (Å²) in [5.41, 5.74) is -0.656. The normalized spacial score (nSPS) is 21.6. The van der Waals surface area contributed by atoms with Gasteiger partial charge in [-0.05, 0) is 49.7 Å². The summed E-state index contributed by atoms with van der Waals surface area (Å²) in [6.45, 7) is 6.16. The molecule has 156 valence electrons. The lowest BCUT2D eigenvalue weighted by atomic mass is 9.85. The van der Waals surface area contributed by atoms with Crippen LogP contribution in [0.4, 0.5) is 10.6 Å². The molecule has 3 amide bonds. The number of carboxylic acids is 1. The second-order valence-electron chi connectivity index (χ2n) is 8.84. The molecule has 1 aliphatic carbocycles. The summed E-state index contributed by atoms with van der Waals surface area (Å²) in [7, 11) is 0. The Labute approximate surface area is 170 Å². The second-order valence-corrected chi connectivity index (χ2v) is 8.84. The van der Waals surface area contributed by atoms with Gasteiger partial charge in [0, 0.05) is 32.4 Å². The smallest absolute Gasteiger partial charge is 0.339 e. The molecule has 2 aliphatic heterocycles. The number of imide groups is 1. The Balaban J connectivity index is 1.58. The van der Waals surface area contributed by atoms with Crippen molar-refractivity contribution in [2.45, 2.75) is 45.1 Å². The number of hydrogen-bond donors (Lipinski definition) is 1. The molecule has 8 nitrogen and oxygen atoms in total. The fourth-order valence-corrected chi connectivity index (χ4v) is 4.51. The molecule has 0 unspecified atom stereocenters. The number of carboxylic acid groups (broad SMARTS) is 1. The van der Waals surface area contributed by atoms with Crippen LogP contribution in [0.1, 0.15) is 49.9 Å². The maximum absolute atomic E-state index is 13.4. The highest BCUT2D eigenvalue weighted by atomic mass is 16.4. The van der Waals surface area contributed by atoms with Crippen LogP contribution in [0.2, 0.25) is 0 Å². The third-order valence-electron chi connectivity index (χ3n) is 6.21. The number of aromatic nitrogens is 1. The van der Waals surface area contributed by atoms with Gasteiger partial charge in [-0.3, -0.25) is 9.69 Å². The van der Waals surface area contributed by atoms with Gasteiger partial charge in [0.05, 0.1) is 0 Å². The van der Waals surface area contributed by atoms with E-state index in [0.717, 1.165) is 12.8 Å². The van der Waals surface area contributed by atoms with Crippen LogP contribution in [0.15, 0.2) is 18.3 Å². The summed E-state index contributed by atoms with van der Waals surface area (Å²) >= 11 is 0. The number of aromatic carboxylic acids is 1. The third-order valence-corrected chi connectivity index (χ3v) is 6.21. The van der Waals surface area contributed by atoms with Crippen molar-refractivity contribution in [3.63, 3.8) is 0 Å². The second kappa shape index (κ2) is 7.31. The summed E-state index contributed by atoms with van der Waals surface area (Å²) < 4.78 is 0. The fraction of sp³-hybridized carbons (Fsp3) is 0.619. The van der Waals surface area contributed by atoms with E-state index in [9.17, 15) is 19.5 Å². The van der Waals surface area contributed by atoms with Gasteiger partial charge in [0.1, 0.15) is 16.9 Å². The predicted molar refractivity (Wildman–Crippen MR) is 107 cm³/mol. The SMILES string of the molecule is CC(C)CN1C(=O)N(CC2CC2)C(=O)C12CCN(c1ncccc1C(=O)O)CC2. The molecule has 1 saturated carbocycles. The lowest BCUT2D eigenvalue weighted by Gasteiger charge is -2.43. The molecule has 1 spiro atoms. The van der Waals surface area contributed by atoms with Crippen molar-refractivity contribution in [1.82, 2.24) is 14.8 Å². The minimum atomic E-state index is -1.02. The first kappa shape index (κ1) is 19.7. The van der Waals surface area contributed by atoms with Gasteiger partial charge >= 0.3 is 12.0 Å². The maximum atomic E-state index is 13.4. The summed E-state index contributed by atoms with van der Waals surface area (Å²) in [6.07, 6.45) is 4.72. The van der Waals surface area contributed by atoms with E-state index < -0.39 is 11.5 Å². The van der Waals surface area contributed by atoms with Crippen LogP contribution < -0.4 is 4.90 Å². The molecule has 3 aliphatic rings. The summed E-state index contributed by atoms with van der Waals surface area (Å²) in [5, 5.41) is 9.46. The molecule has 0 aromatic carbocycles. The minimum Gasteiger partial charge on any atom is -0.478 e. The lowest BCUT2D eigenvalue weighted by Crippen LogP contribution is -2.57. The van der Waals surface area contributed by atoms with Crippen LogP contribution in [-0.2, 0) is 4.79 Å². The lowest BCUT2D eigenvalue weighted by molar-refractivity contribution is -0.134. The van der Waals surface area contributed by atoms with E-state index in [1.807, 2.05) is 4.90 Å². The van der Waals surface area contributed by atoms with Gasteiger partial charge in [0.15, 0.2) is 0 Å². The number of piperidine rings is 1. The number of amides is 3. The van der Waals surface area contributed by atoms with Gasteiger partial charge in [0.25, 0.3) is 5.91 Å². The van der Waals surface area contributed by atoms with Gasteiger partial charge in [-0.2, -0.15) is 0 Å². The molecule has 3 heterocycles. The van der Waals surface area contributed by atoms with E-state index in [-0.39, 0.29) is 23.4 Å². The first-order chi connectivity index (χ1) is 13.8. The quantitative estimate of drug-likeness (QED) is 0.737. The first-order valence-corrected chi connectivity index (χ1v) is 10.4. The highest BCUT2D eigenvalue weighted by Crippen LogP contribution is 2.41.